The predicted octanol–water partition coefficient (Wildman–Crippen LogP) is 2.56. The maximum Gasteiger partial charge on any atom is 0.125 e. The minimum atomic E-state index is 0.200. The van der Waals surface area contributed by atoms with Crippen LogP contribution in [0.5, 0.6) is 0 Å². The van der Waals surface area contributed by atoms with Crippen LogP contribution in [0, 0.1) is 6.92 Å². The summed E-state index contributed by atoms with van der Waals surface area (Å²) in [5.74, 6) is 1.21. The SMILES string of the molecule is CNC(c1ccnc(C)n1)C1CCCc2cccnc21. The quantitative estimate of drug-likeness (QED) is 0.929. The average Bonchev–Trinajstić information content (AvgIpc) is 2.48. The molecule has 104 valence electrons. The highest BCUT2D eigenvalue weighted by Gasteiger charge is 2.30. The minimum Gasteiger partial charge on any atom is -0.311 e. The zero-order chi connectivity index (χ0) is 13.9. The van der Waals surface area contributed by atoms with Crippen LogP contribution in [-0.2, 0) is 6.42 Å². The molecule has 0 fully saturated rings. The lowest BCUT2D eigenvalue weighted by molar-refractivity contribution is 0.408. The summed E-state index contributed by atoms with van der Waals surface area (Å²) in [6, 6.07) is 6.44. The van der Waals surface area contributed by atoms with E-state index in [4.69, 9.17) is 0 Å². The molecule has 0 spiro atoms. The van der Waals surface area contributed by atoms with E-state index in [0.717, 1.165) is 24.4 Å². The van der Waals surface area contributed by atoms with Gasteiger partial charge in [-0.05, 0) is 50.9 Å². The van der Waals surface area contributed by atoms with Crippen molar-refractivity contribution in [1.82, 2.24) is 20.3 Å². The monoisotopic (exact) mass is 268 g/mol. The van der Waals surface area contributed by atoms with Gasteiger partial charge in [-0.3, -0.25) is 4.98 Å². The second-order valence-corrected chi connectivity index (χ2v) is 5.34. The molecule has 2 unspecified atom stereocenters. The predicted molar refractivity (Wildman–Crippen MR) is 78.5 cm³/mol. The third-order valence-electron chi connectivity index (χ3n) is 4.07. The number of hydrogen-bond acceptors (Lipinski definition) is 4. The third-order valence-corrected chi connectivity index (χ3v) is 4.07. The van der Waals surface area contributed by atoms with E-state index in [2.05, 4.69) is 26.3 Å². The van der Waals surface area contributed by atoms with Gasteiger partial charge in [0, 0.05) is 24.0 Å². The number of hydrogen-bond donors (Lipinski definition) is 1. The molecule has 2 heterocycles. The van der Waals surface area contributed by atoms with Gasteiger partial charge in [-0.25, -0.2) is 9.97 Å². The number of nitrogens with one attached hydrogen (secondary N) is 1. The molecule has 2 aromatic heterocycles. The largest absolute Gasteiger partial charge is 0.311 e. The zero-order valence-electron chi connectivity index (χ0n) is 12.0. The maximum absolute atomic E-state index is 4.63. The molecule has 1 aliphatic rings. The molecule has 2 atom stereocenters. The van der Waals surface area contributed by atoms with Gasteiger partial charge in [-0.2, -0.15) is 0 Å². The number of rotatable bonds is 3. The molecule has 4 nitrogen and oxygen atoms in total. The van der Waals surface area contributed by atoms with Crippen molar-refractivity contribution in [3.63, 3.8) is 0 Å². The Kier molecular flexibility index (Phi) is 3.74. The molecule has 0 aromatic carbocycles. The second kappa shape index (κ2) is 5.67. The highest BCUT2D eigenvalue weighted by Crippen LogP contribution is 2.38. The van der Waals surface area contributed by atoms with Gasteiger partial charge in [0.05, 0.1) is 11.7 Å². The molecule has 1 aliphatic carbocycles. The van der Waals surface area contributed by atoms with E-state index in [1.165, 1.54) is 17.7 Å². The van der Waals surface area contributed by atoms with Gasteiger partial charge >= 0.3 is 0 Å². The summed E-state index contributed by atoms with van der Waals surface area (Å²) in [4.78, 5) is 13.4. The number of aromatic nitrogens is 3. The number of likely N-dealkylation sites (N-methyl/N-ethyl adjacent to an activating group) is 1. The zero-order valence-corrected chi connectivity index (χ0v) is 12.0. The van der Waals surface area contributed by atoms with E-state index in [-0.39, 0.29) is 6.04 Å². The normalized spacial score (nSPS) is 19.4. The Hall–Kier alpha value is -1.81. The Bertz CT molecular complexity index is 597. The summed E-state index contributed by atoms with van der Waals surface area (Å²) >= 11 is 0. The van der Waals surface area contributed by atoms with Crippen molar-refractivity contribution in [3.05, 3.63) is 53.4 Å². The van der Waals surface area contributed by atoms with Gasteiger partial charge in [0.25, 0.3) is 0 Å². The molecular formula is C16H20N4. The van der Waals surface area contributed by atoms with Crippen LogP contribution in [0.3, 0.4) is 0 Å². The van der Waals surface area contributed by atoms with Gasteiger partial charge in [-0.1, -0.05) is 6.07 Å². The first-order valence-electron chi connectivity index (χ1n) is 7.20. The average molecular weight is 268 g/mol. The van der Waals surface area contributed by atoms with Crippen molar-refractivity contribution < 1.29 is 0 Å². The van der Waals surface area contributed by atoms with Crippen LogP contribution in [-0.4, -0.2) is 22.0 Å². The summed E-state index contributed by atoms with van der Waals surface area (Å²) in [5, 5.41) is 3.43. The molecule has 0 radical (unpaired) electrons. The van der Waals surface area contributed by atoms with Crippen molar-refractivity contribution in [3.8, 4) is 0 Å². The summed E-state index contributed by atoms with van der Waals surface area (Å²) in [6.07, 6.45) is 7.24. The molecule has 0 bridgehead atoms. The van der Waals surface area contributed by atoms with E-state index < -0.39 is 0 Å². The first-order valence-corrected chi connectivity index (χ1v) is 7.20. The van der Waals surface area contributed by atoms with Gasteiger partial charge in [0.2, 0.25) is 0 Å². The topological polar surface area (TPSA) is 50.7 Å². The van der Waals surface area contributed by atoms with Crippen molar-refractivity contribution >= 4 is 0 Å². The maximum atomic E-state index is 4.63. The number of aryl methyl sites for hydroxylation is 2. The van der Waals surface area contributed by atoms with Crippen LogP contribution in [0.1, 0.15) is 47.6 Å². The summed E-state index contributed by atoms with van der Waals surface area (Å²) in [6.45, 7) is 1.93. The van der Waals surface area contributed by atoms with Crippen molar-refractivity contribution in [2.75, 3.05) is 7.05 Å². The molecule has 1 N–H and O–H groups in total. The highest BCUT2D eigenvalue weighted by atomic mass is 15.0. The van der Waals surface area contributed by atoms with Crippen LogP contribution in [0.2, 0.25) is 0 Å². The minimum absolute atomic E-state index is 0.200. The number of nitrogens with zero attached hydrogens (tertiary/aromatic N) is 3. The Morgan fingerprint density at radius 2 is 2.15 bits per heavy atom. The molecule has 0 amide bonds. The lowest BCUT2D eigenvalue weighted by Gasteiger charge is -2.31. The van der Waals surface area contributed by atoms with Crippen LogP contribution in [0.25, 0.3) is 0 Å². The standard InChI is InChI=1S/C16H20N4/c1-11-18-10-8-14(20-11)16(17-2)13-7-3-5-12-6-4-9-19-15(12)13/h4,6,8-10,13,16-17H,3,5,7H2,1-2H3. The van der Waals surface area contributed by atoms with Gasteiger partial charge in [0.1, 0.15) is 5.82 Å². The molecule has 3 rings (SSSR count). The van der Waals surface area contributed by atoms with E-state index in [9.17, 15) is 0 Å². The first kappa shape index (κ1) is 13.2. The Morgan fingerprint density at radius 1 is 1.25 bits per heavy atom. The van der Waals surface area contributed by atoms with Crippen molar-refractivity contribution in [2.24, 2.45) is 0 Å². The van der Waals surface area contributed by atoms with Crippen LogP contribution in [0.15, 0.2) is 30.6 Å². The van der Waals surface area contributed by atoms with E-state index in [0.29, 0.717) is 5.92 Å². The first-order chi connectivity index (χ1) is 9.79. The lowest BCUT2D eigenvalue weighted by Crippen LogP contribution is -2.28. The molecule has 2 aromatic rings. The van der Waals surface area contributed by atoms with Crippen molar-refractivity contribution in [2.45, 2.75) is 38.1 Å². The Labute approximate surface area is 119 Å². The summed E-state index contributed by atoms with van der Waals surface area (Å²) < 4.78 is 0. The van der Waals surface area contributed by atoms with Crippen LogP contribution >= 0.6 is 0 Å². The molecule has 4 heteroatoms. The highest BCUT2D eigenvalue weighted by molar-refractivity contribution is 5.29. The second-order valence-electron chi connectivity index (χ2n) is 5.34. The molecule has 20 heavy (non-hydrogen) atoms. The van der Waals surface area contributed by atoms with Crippen molar-refractivity contribution in [1.29, 1.82) is 0 Å². The number of pyridine rings is 1. The Balaban J connectivity index is 1.99. The van der Waals surface area contributed by atoms with E-state index >= 15 is 0 Å². The molecule has 0 aliphatic heterocycles. The molecule has 0 saturated carbocycles. The lowest BCUT2D eigenvalue weighted by atomic mass is 9.81. The number of fused-ring (bicyclic) bond motifs is 1. The smallest absolute Gasteiger partial charge is 0.125 e. The van der Waals surface area contributed by atoms with E-state index in [1.807, 2.05) is 38.5 Å². The summed E-state index contributed by atoms with van der Waals surface area (Å²) in [5.41, 5.74) is 3.67. The molecule has 0 saturated heterocycles. The van der Waals surface area contributed by atoms with Gasteiger partial charge in [-0.15, -0.1) is 0 Å². The Morgan fingerprint density at radius 3 is 2.95 bits per heavy atom. The fourth-order valence-electron chi connectivity index (χ4n) is 3.17. The van der Waals surface area contributed by atoms with Crippen LogP contribution < -0.4 is 5.32 Å². The van der Waals surface area contributed by atoms with Gasteiger partial charge in [0.15, 0.2) is 0 Å². The van der Waals surface area contributed by atoms with E-state index in [1.54, 1.807) is 0 Å². The summed E-state index contributed by atoms with van der Waals surface area (Å²) in [7, 11) is 2.00. The molecular weight excluding hydrogens is 248 g/mol. The van der Waals surface area contributed by atoms with Crippen LogP contribution in [0.4, 0.5) is 0 Å². The van der Waals surface area contributed by atoms with Gasteiger partial charge < -0.3 is 5.32 Å². The fourth-order valence-corrected chi connectivity index (χ4v) is 3.17. The fraction of sp³-hybridized carbons (Fsp3) is 0.438. The third kappa shape index (κ3) is 2.43.